The standard InChI is InChI=1S/C14H22N2O2S/c1-12-5-7-14(8-6-12)19(17,18)16-9-3-4-13(11-16)10-15-2/h5-8,13,15H,3-4,9-11H2,1-2H3. The third-order valence-corrected chi connectivity index (χ3v) is 5.51. The Bertz CT molecular complexity index is 509. The molecule has 4 nitrogen and oxygen atoms in total. The molecule has 0 aliphatic carbocycles. The highest BCUT2D eigenvalue weighted by atomic mass is 32.2. The Kier molecular flexibility index (Phi) is 4.60. The predicted octanol–water partition coefficient (Wildman–Crippen LogP) is 1.62. The van der Waals surface area contributed by atoms with Crippen LogP contribution in [-0.2, 0) is 10.0 Å². The molecule has 1 saturated heterocycles. The highest BCUT2D eigenvalue weighted by Gasteiger charge is 2.29. The van der Waals surface area contributed by atoms with E-state index in [4.69, 9.17) is 0 Å². The summed E-state index contributed by atoms with van der Waals surface area (Å²) in [5, 5.41) is 3.14. The van der Waals surface area contributed by atoms with Gasteiger partial charge in [-0.05, 0) is 51.4 Å². The number of benzene rings is 1. The normalized spacial score (nSPS) is 21.5. The van der Waals surface area contributed by atoms with Gasteiger partial charge in [-0.15, -0.1) is 0 Å². The quantitative estimate of drug-likeness (QED) is 0.913. The van der Waals surface area contributed by atoms with E-state index in [1.165, 1.54) is 0 Å². The molecule has 1 unspecified atom stereocenters. The SMILES string of the molecule is CNCC1CCCN(S(=O)(=O)c2ccc(C)cc2)C1. The van der Waals surface area contributed by atoms with Gasteiger partial charge in [-0.3, -0.25) is 0 Å². The molecule has 1 aliphatic heterocycles. The van der Waals surface area contributed by atoms with Gasteiger partial charge in [-0.2, -0.15) is 4.31 Å². The van der Waals surface area contributed by atoms with Gasteiger partial charge < -0.3 is 5.32 Å². The number of nitrogens with zero attached hydrogens (tertiary/aromatic N) is 1. The summed E-state index contributed by atoms with van der Waals surface area (Å²) in [4.78, 5) is 0.406. The maximum Gasteiger partial charge on any atom is 0.243 e. The molecule has 0 bridgehead atoms. The van der Waals surface area contributed by atoms with Crippen LogP contribution < -0.4 is 5.32 Å². The number of aryl methyl sites for hydroxylation is 1. The van der Waals surface area contributed by atoms with Gasteiger partial charge in [0, 0.05) is 13.1 Å². The lowest BCUT2D eigenvalue weighted by Crippen LogP contribution is -2.42. The molecule has 0 radical (unpaired) electrons. The van der Waals surface area contributed by atoms with Crippen LogP contribution in [0.1, 0.15) is 18.4 Å². The van der Waals surface area contributed by atoms with E-state index in [9.17, 15) is 8.42 Å². The van der Waals surface area contributed by atoms with Crippen LogP contribution in [0.15, 0.2) is 29.2 Å². The molecule has 1 aliphatic rings. The molecule has 1 aromatic rings. The second kappa shape index (κ2) is 6.03. The van der Waals surface area contributed by atoms with Gasteiger partial charge in [0.2, 0.25) is 10.0 Å². The average Bonchev–Trinajstić information content (AvgIpc) is 2.40. The molecule has 0 spiro atoms. The van der Waals surface area contributed by atoms with Crippen molar-refractivity contribution >= 4 is 10.0 Å². The minimum absolute atomic E-state index is 0.406. The van der Waals surface area contributed by atoms with Crippen LogP contribution in [0.2, 0.25) is 0 Å². The summed E-state index contributed by atoms with van der Waals surface area (Å²) in [5.41, 5.74) is 1.07. The van der Waals surface area contributed by atoms with Crippen molar-refractivity contribution in [2.24, 2.45) is 5.92 Å². The fourth-order valence-corrected chi connectivity index (χ4v) is 4.11. The zero-order valence-electron chi connectivity index (χ0n) is 11.6. The molecule has 0 aromatic heterocycles. The Morgan fingerprint density at radius 1 is 1.32 bits per heavy atom. The van der Waals surface area contributed by atoms with Gasteiger partial charge in [-0.25, -0.2) is 8.42 Å². The van der Waals surface area contributed by atoms with E-state index in [-0.39, 0.29) is 0 Å². The Morgan fingerprint density at radius 3 is 2.63 bits per heavy atom. The van der Waals surface area contributed by atoms with Crippen molar-refractivity contribution in [3.63, 3.8) is 0 Å². The highest BCUT2D eigenvalue weighted by molar-refractivity contribution is 7.89. The van der Waals surface area contributed by atoms with Gasteiger partial charge in [0.1, 0.15) is 0 Å². The topological polar surface area (TPSA) is 49.4 Å². The second-order valence-corrected chi connectivity index (χ2v) is 7.18. The van der Waals surface area contributed by atoms with Crippen LogP contribution in [0.3, 0.4) is 0 Å². The number of piperidine rings is 1. The molecular formula is C14H22N2O2S. The first-order valence-corrected chi connectivity index (χ1v) is 8.19. The largest absolute Gasteiger partial charge is 0.319 e. The van der Waals surface area contributed by atoms with Crippen molar-refractivity contribution in [2.75, 3.05) is 26.7 Å². The number of rotatable bonds is 4. The molecule has 106 valence electrons. The van der Waals surface area contributed by atoms with Crippen LogP contribution in [0, 0.1) is 12.8 Å². The Hall–Kier alpha value is -0.910. The fraction of sp³-hybridized carbons (Fsp3) is 0.571. The fourth-order valence-electron chi connectivity index (χ4n) is 2.56. The molecule has 1 heterocycles. The van der Waals surface area contributed by atoms with E-state index in [0.29, 0.717) is 23.9 Å². The van der Waals surface area contributed by atoms with Gasteiger partial charge in [0.15, 0.2) is 0 Å². The van der Waals surface area contributed by atoms with E-state index in [0.717, 1.165) is 24.9 Å². The zero-order valence-corrected chi connectivity index (χ0v) is 12.4. The molecule has 1 N–H and O–H groups in total. The van der Waals surface area contributed by atoms with Gasteiger partial charge >= 0.3 is 0 Å². The van der Waals surface area contributed by atoms with Crippen molar-refractivity contribution in [1.82, 2.24) is 9.62 Å². The van der Waals surface area contributed by atoms with Crippen LogP contribution in [0.25, 0.3) is 0 Å². The molecule has 0 saturated carbocycles. The predicted molar refractivity (Wildman–Crippen MR) is 76.6 cm³/mol. The molecule has 1 aromatic carbocycles. The molecular weight excluding hydrogens is 260 g/mol. The van der Waals surface area contributed by atoms with E-state index in [1.807, 2.05) is 26.1 Å². The van der Waals surface area contributed by atoms with Crippen LogP contribution >= 0.6 is 0 Å². The molecule has 1 atom stereocenters. The van der Waals surface area contributed by atoms with Crippen LogP contribution in [0.4, 0.5) is 0 Å². The summed E-state index contributed by atoms with van der Waals surface area (Å²) in [7, 11) is -1.41. The monoisotopic (exact) mass is 282 g/mol. The van der Waals surface area contributed by atoms with E-state index in [1.54, 1.807) is 16.4 Å². The van der Waals surface area contributed by atoms with Crippen molar-refractivity contribution in [2.45, 2.75) is 24.7 Å². The third-order valence-electron chi connectivity index (χ3n) is 3.63. The van der Waals surface area contributed by atoms with Crippen molar-refractivity contribution in [3.8, 4) is 0 Å². The maximum absolute atomic E-state index is 12.6. The van der Waals surface area contributed by atoms with E-state index in [2.05, 4.69) is 5.32 Å². The molecule has 5 heteroatoms. The lowest BCUT2D eigenvalue weighted by molar-refractivity contribution is 0.263. The van der Waals surface area contributed by atoms with Crippen molar-refractivity contribution in [1.29, 1.82) is 0 Å². The Balaban J connectivity index is 2.17. The third kappa shape index (κ3) is 3.35. The highest BCUT2D eigenvalue weighted by Crippen LogP contribution is 2.23. The van der Waals surface area contributed by atoms with Crippen LogP contribution in [-0.4, -0.2) is 39.4 Å². The first kappa shape index (κ1) is 14.5. The molecule has 1 fully saturated rings. The van der Waals surface area contributed by atoms with Gasteiger partial charge in [-0.1, -0.05) is 17.7 Å². The minimum atomic E-state index is -3.32. The molecule has 2 rings (SSSR count). The average molecular weight is 282 g/mol. The molecule has 19 heavy (non-hydrogen) atoms. The van der Waals surface area contributed by atoms with Crippen molar-refractivity contribution < 1.29 is 8.42 Å². The zero-order chi connectivity index (χ0) is 13.9. The summed E-state index contributed by atoms with van der Waals surface area (Å²) in [5.74, 6) is 0.416. The summed E-state index contributed by atoms with van der Waals surface area (Å²) < 4.78 is 26.7. The Labute approximate surface area is 115 Å². The van der Waals surface area contributed by atoms with E-state index < -0.39 is 10.0 Å². The first-order valence-electron chi connectivity index (χ1n) is 6.75. The van der Waals surface area contributed by atoms with Crippen molar-refractivity contribution in [3.05, 3.63) is 29.8 Å². The Morgan fingerprint density at radius 2 is 2.00 bits per heavy atom. The van der Waals surface area contributed by atoms with Gasteiger partial charge in [0.05, 0.1) is 4.90 Å². The smallest absolute Gasteiger partial charge is 0.243 e. The number of hydrogen-bond acceptors (Lipinski definition) is 3. The maximum atomic E-state index is 12.6. The summed E-state index contributed by atoms with van der Waals surface area (Å²) in [6, 6.07) is 7.10. The first-order chi connectivity index (χ1) is 9.04. The number of sulfonamides is 1. The lowest BCUT2D eigenvalue weighted by Gasteiger charge is -2.31. The summed E-state index contributed by atoms with van der Waals surface area (Å²) in [6.45, 7) is 4.09. The lowest BCUT2D eigenvalue weighted by atomic mass is 10.00. The summed E-state index contributed by atoms with van der Waals surface area (Å²) >= 11 is 0. The number of nitrogens with one attached hydrogen (secondary N) is 1. The number of hydrogen-bond donors (Lipinski definition) is 1. The van der Waals surface area contributed by atoms with E-state index >= 15 is 0 Å². The minimum Gasteiger partial charge on any atom is -0.319 e. The second-order valence-electron chi connectivity index (χ2n) is 5.24. The molecule has 0 amide bonds. The van der Waals surface area contributed by atoms with Crippen LogP contribution in [0.5, 0.6) is 0 Å². The van der Waals surface area contributed by atoms with Gasteiger partial charge in [0.25, 0.3) is 0 Å². The summed E-state index contributed by atoms with van der Waals surface area (Å²) in [6.07, 6.45) is 2.04.